The van der Waals surface area contributed by atoms with Gasteiger partial charge in [0.15, 0.2) is 0 Å². The number of nitrogens with two attached hydrogens (primary N) is 1. The number of carbonyl (C=O) groups excluding carboxylic acids is 3. The quantitative estimate of drug-likeness (QED) is 0.538. The molecule has 7 heteroatoms. The highest BCUT2D eigenvalue weighted by Crippen LogP contribution is 2.64. The predicted octanol–water partition coefficient (Wildman–Crippen LogP) is 1.76. The third-order valence-corrected chi connectivity index (χ3v) is 6.89. The fraction of sp³-hybridized carbons (Fsp3) is 0.773. The lowest BCUT2D eigenvalue weighted by molar-refractivity contribution is -0.149. The first-order valence-electron chi connectivity index (χ1n) is 11.0. The van der Waals surface area contributed by atoms with Gasteiger partial charge in [-0.05, 0) is 56.3 Å². The highest BCUT2D eigenvalue weighted by molar-refractivity contribution is 5.93. The van der Waals surface area contributed by atoms with Gasteiger partial charge in [0.1, 0.15) is 12.1 Å². The molecule has 2 aliphatic heterocycles. The Morgan fingerprint density at radius 1 is 1.24 bits per heavy atom. The van der Waals surface area contributed by atoms with E-state index >= 15 is 0 Å². The van der Waals surface area contributed by atoms with E-state index in [1.807, 2.05) is 0 Å². The van der Waals surface area contributed by atoms with Crippen molar-refractivity contribution in [3.05, 3.63) is 12.2 Å². The number of amides is 2. The van der Waals surface area contributed by atoms with Crippen LogP contribution in [0.1, 0.15) is 59.3 Å². The molecule has 3 rings (SSSR count). The number of hydrogen-bond donors (Lipinski definition) is 2. The molecule has 7 nitrogen and oxygen atoms in total. The second-order valence-corrected chi connectivity index (χ2v) is 9.14. The Hall–Kier alpha value is -1.89. The summed E-state index contributed by atoms with van der Waals surface area (Å²) in [5.74, 6) is -0.412. The SMILES string of the molecule is CCOC(=O)[C@@H]1CCCC/C=C/CC[C@H](N)C(=O)N2C[C@H]3[C@@H]([C@H]2C(=O)N1)C3(C)C. The Bertz CT molecular complexity index is 675. The first-order chi connectivity index (χ1) is 13.8. The molecule has 29 heavy (non-hydrogen) atoms. The number of piperidine rings is 1. The highest BCUT2D eigenvalue weighted by Gasteiger charge is 2.69. The smallest absolute Gasteiger partial charge is 0.328 e. The van der Waals surface area contributed by atoms with Crippen molar-refractivity contribution < 1.29 is 19.1 Å². The van der Waals surface area contributed by atoms with Crippen LogP contribution in [0.5, 0.6) is 0 Å². The van der Waals surface area contributed by atoms with Crippen molar-refractivity contribution in [2.45, 2.75) is 77.4 Å². The molecule has 2 fully saturated rings. The molecule has 3 aliphatic rings. The van der Waals surface area contributed by atoms with Crippen molar-refractivity contribution in [2.24, 2.45) is 23.0 Å². The summed E-state index contributed by atoms with van der Waals surface area (Å²) < 4.78 is 5.18. The van der Waals surface area contributed by atoms with Crippen LogP contribution >= 0.6 is 0 Å². The fourth-order valence-electron chi connectivity index (χ4n) is 5.02. The van der Waals surface area contributed by atoms with E-state index < -0.39 is 24.1 Å². The van der Waals surface area contributed by atoms with Gasteiger partial charge in [-0.15, -0.1) is 0 Å². The number of nitrogens with one attached hydrogen (secondary N) is 1. The minimum atomic E-state index is -0.678. The second-order valence-electron chi connectivity index (χ2n) is 9.14. The molecule has 0 aromatic rings. The molecule has 2 amide bonds. The van der Waals surface area contributed by atoms with Crippen LogP contribution < -0.4 is 11.1 Å². The number of carbonyl (C=O) groups is 3. The average Bonchev–Trinajstić information content (AvgIpc) is 3.03. The third kappa shape index (κ3) is 4.49. The minimum Gasteiger partial charge on any atom is -0.464 e. The van der Waals surface area contributed by atoms with Gasteiger partial charge in [0.05, 0.1) is 12.6 Å². The van der Waals surface area contributed by atoms with Crippen molar-refractivity contribution in [3.63, 3.8) is 0 Å². The van der Waals surface area contributed by atoms with Gasteiger partial charge in [-0.2, -0.15) is 0 Å². The van der Waals surface area contributed by atoms with Crippen molar-refractivity contribution in [1.29, 1.82) is 0 Å². The topological polar surface area (TPSA) is 102 Å². The lowest BCUT2D eigenvalue weighted by Crippen LogP contribution is -2.56. The molecule has 0 aromatic heterocycles. The third-order valence-electron chi connectivity index (χ3n) is 6.89. The number of ether oxygens (including phenoxy) is 1. The lowest BCUT2D eigenvalue weighted by Gasteiger charge is -2.32. The van der Waals surface area contributed by atoms with E-state index in [0.717, 1.165) is 25.7 Å². The van der Waals surface area contributed by atoms with Gasteiger partial charge in [-0.3, -0.25) is 9.59 Å². The van der Waals surface area contributed by atoms with E-state index in [9.17, 15) is 14.4 Å². The maximum absolute atomic E-state index is 13.3. The van der Waals surface area contributed by atoms with Crippen LogP contribution in [0.4, 0.5) is 0 Å². The summed E-state index contributed by atoms with van der Waals surface area (Å²) in [7, 11) is 0. The summed E-state index contributed by atoms with van der Waals surface area (Å²) in [6, 6.07) is -1.85. The van der Waals surface area contributed by atoms with Gasteiger partial charge in [-0.1, -0.05) is 32.4 Å². The molecule has 162 valence electrons. The largest absolute Gasteiger partial charge is 0.464 e. The summed E-state index contributed by atoms with van der Waals surface area (Å²) >= 11 is 0. The maximum Gasteiger partial charge on any atom is 0.328 e. The summed E-state index contributed by atoms with van der Waals surface area (Å²) in [6.45, 7) is 6.87. The van der Waals surface area contributed by atoms with Crippen LogP contribution in [0.15, 0.2) is 12.2 Å². The zero-order valence-electron chi connectivity index (χ0n) is 17.9. The maximum atomic E-state index is 13.3. The molecule has 0 bridgehead atoms. The molecule has 5 atom stereocenters. The van der Waals surface area contributed by atoms with Gasteiger partial charge in [0.25, 0.3) is 0 Å². The zero-order valence-corrected chi connectivity index (χ0v) is 17.9. The number of allylic oxidation sites excluding steroid dienone is 2. The van der Waals surface area contributed by atoms with Crippen molar-refractivity contribution in [2.75, 3.05) is 13.2 Å². The molecule has 0 aromatic carbocycles. The fourth-order valence-corrected chi connectivity index (χ4v) is 5.02. The molecular formula is C22H35N3O4. The molecule has 3 N–H and O–H groups in total. The van der Waals surface area contributed by atoms with E-state index in [1.54, 1.807) is 11.8 Å². The molecule has 0 radical (unpaired) electrons. The van der Waals surface area contributed by atoms with E-state index in [1.165, 1.54) is 0 Å². The highest BCUT2D eigenvalue weighted by atomic mass is 16.5. The number of nitrogens with zero attached hydrogens (tertiary/aromatic N) is 1. The molecule has 1 aliphatic carbocycles. The number of fused-ring (bicyclic) bond motifs is 3. The van der Waals surface area contributed by atoms with E-state index in [2.05, 4.69) is 31.3 Å². The second kappa shape index (κ2) is 8.86. The van der Waals surface area contributed by atoms with Gasteiger partial charge in [0.2, 0.25) is 11.8 Å². The monoisotopic (exact) mass is 405 g/mol. The predicted molar refractivity (Wildman–Crippen MR) is 110 cm³/mol. The van der Waals surface area contributed by atoms with Gasteiger partial charge in [-0.25, -0.2) is 4.79 Å². The molecule has 0 spiro atoms. The Labute approximate surface area is 173 Å². The molecule has 2 heterocycles. The number of hydrogen-bond acceptors (Lipinski definition) is 5. The lowest BCUT2D eigenvalue weighted by atomic mass is 9.98. The average molecular weight is 406 g/mol. The Kier molecular flexibility index (Phi) is 6.66. The van der Waals surface area contributed by atoms with E-state index in [0.29, 0.717) is 25.3 Å². The van der Waals surface area contributed by atoms with E-state index in [4.69, 9.17) is 10.5 Å². The van der Waals surface area contributed by atoms with Gasteiger partial charge < -0.3 is 20.7 Å². The zero-order chi connectivity index (χ0) is 21.2. The first-order valence-corrected chi connectivity index (χ1v) is 11.0. The van der Waals surface area contributed by atoms with Crippen LogP contribution in [-0.4, -0.2) is 54.0 Å². The van der Waals surface area contributed by atoms with Crippen LogP contribution in [0.25, 0.3) is 0 Å². The van der Waals surface area contributed by atoms with Crippen LogP contribution in [0.2, 0.25) is 0 Å². The first kappa shape index (κ1) is 21.8. The summed E-state index contributed by atoms with van der Waals surface area (Å²) in [6.07, 6.45) is 8.69. The Balaban J connectivity index is 1.83. The minimum absolute atomic E-state index is 0.0218. The Morgan fingerprint density at radius 3 is 2.69 bits per heavy atom. The Morgan fingerprint density at radius 2 is 1.97 bits per heavy atom. The van der Waals surface area contributed by atoms with Crippen molar-refractivity contribution in [1.82, 2.24) is 10.2 Å². The van der Waals surface area contributed by atoms with Crippen LogP contribution in [-0.2, 0) is 19.1 Å². The van der Waals surface area contributed by atoms with Crippen molar-refractivity contribution >= 4 is 17.8 Å². The summed E-state index contributed by atoms with van der Waals surface area (Å²) in [5.41, 5.74) is 6.19. The number of esters is 1. The molecular weight excluding hydrogens is 370 g/mol. The summed E-state index contributed by atoms with van der Waals surface area (Å²) in [5, 5.41) is 2.91. The van der Waals surface area contributed by atoms with Gasteiger partial charge in [0, 0.05) is 6.54 Å². The molecule has 1 saturated carbocycles. The summed E-state index contributed by atoms with van der Waals surface area (Å²) in [4.78, 5) is 40.3. The van der Waals surface area contributed by atoms with Crippen molar-refractivity contribution in [3.8, 4) is 0 Å². The standard InChI is InChI=1S/C22H35N3O4/c1-4-29-21(28)16-12-10-8-6-5-7-9-11-15(23)20(27)25-13-14-17(22(14,2)3)18(25)19(26)24-16/h5,7,14-18H,4,6,8-13,23H2,1-3H3,(H,24,26)/b7-5+/t14-,15-,16-,17-,18-/m0/s1. The van der Waals surface area contributed by atoms with Crippen LogP contribution in [0, 0.1) is 17.3 Å². The van der Waals surface area contributed by atoms with Gasteiger partial charge >= 0.3 is 5.97 Å². The molecule has 0 unspecified atom stereocenters. The van der Waals surface area contributed by atoms with Crippen LogP contribution in [0.3, 0.4) is 0 Å². The number of rotatable bonds is 2. The van der Waals surface area contributed by atoms with E-state index in [-0.39, 0.29) is 29.8 Å². The normalized spacial score (nSPS) is 36.1. The molecule has 1 saturated heterocycles.